The number of rotatable bonds is 60. The molecule has 0 aromatic rings. The third kappa shape index (κ3) is 64.3. The van der Waals surface area contributed by atoms with Crippen molar-refractivity contribution in [1.82, 2.24) is 5.32 Å². The van der Waals surface area contributed by atoms with Crippen LogP contribution in [0.4, 0.5) is 0 Å². The smallest absolute Gasteiger partial charge is 0.387 e. The Balaban J connectivity index is 4.06. The highest BCUT2D eigenvalue weighted by molar-refractivity contribution is 7.47. The first-order valence-electron chi connectivity index (χ1n) is 33.4. The first-order valence-corrected chi connectivity index (χ1v) is 34.9. The highest BCUT2D eigenvalue weighted by Crippen LogP contribution is 2.43. The fraction of sp³-hybridized carbons (Fsp3) is 0.708. The van der Waals surface area contributed by atoms with E-state index in [1.165, 1.54) is 161 Å². The molecule has 0 spiro atoms. The van der Waals surface area contributed by atoms with Crippen LogP contribution in [-0.4, -0.2) is 73.4 Å². The number of nitrogens with zero attached hydrogens (tertiary/aromatic N) is 1. The van der Waals surface area contributed by atoms with Crippen molar-refractivity contribution in [2.75, 3.05) is 40.9 Å². The lowest BCUT2D eigenvalue weighted by Gasteiger charge is -2.25. The number of allylic oxidation sites excluding steroid dienone is 19. The van der Waals surface area contributed by atoms with Crippen LogP contribution in [0.25, 0.3) is 0 Å². The molecule has 8 nitrogen and oxygen atoms in total. The largest absolute Gasteiger partial charge is 0.472 e. The lowest BCUT2D eigenvalue weighted by Crippen LogP contribution is -2.45. The van der Waals surface area contributed by atoms with Gasteiger partial charge < -0.3 is 19.8 Å². The predicted molar refractivity (Wildman–Crippen MR) is 355 cm³/mol. The highest BCUT2D eigenvalue weighted by Gasteiger charge is 2.28. The summed E-state index contributed by atoms with van der Waals surface area (Å²) in [5, 5.41) is 14.0. The second kappa shape index (κ2) is 61.5. The minimum absolute atomic E-state index is 0.0575. The van der Waals surface area contributed by atoms with Gasteiger partial charge in [-0.3, -0.25) is 13.8 Å². The summed E-state index contributed by atoms with van der Waals surface area (Å²) < 4.78 is 23.8. The molecule has 0 aliphatic rings. The molecule has 3 unspecified atom stereocenters. The number of hydrogen-bond donors (Lipinski definition) is 3. The molecule has 0 saturated carbocycles. The van der Waals surface area contributed by atoms with Crippen molar-refractivity contribution in [2.45, 2.75) is 289 Å². The van der Waals surface area contributed by atoms with E-state index < -0.39 is 20.0 Å². The van der Waals surface area contributed by atoms with Crippen LogP contribution in [0.2, 0.25) is 0 Å². The predicted octanol–water partition coefficient (Wildman–Crippen LogP) is 21.3. The van der Waals surface area contributed by atoms with E-state index in [-0.39, 0.29) is 19.1 Å². The van der Waals surface area contributed by atoms with E-state index in [9.17, 15) is 19.4 Å². The number of nitrogens with one attached hydrogen (secondary N) is 1. The normalized spacial score (nSPS) is 14.5. The molecule has 0 heterocycles. The maximum Gasteiger partial charge on any atom is 0.472 e. The maximum atomic E-state index is 13.0. The zero-order chi connectivity index (χ0) is 59.1. The van der Waals surface area contributed by atoms with Crippen LogP contribution in [0, 0.1) is 0 Å². The van der Waals surface area contributed by atoms with Crippen LogP contribution >= 0.6 is 7.82 Å². The summed E-state index contributed by atoms with van der Waals surface area (Å²) in [5.74, 6) is -0.180. The van der Waals surface area contributed by atoms with Gasteiger partial charge in [0.05, 0.1) is 39.9 Å². The maximum absolute atomic E-state index is 13.0. The number of phosphoric acid groups is 1. The number of hydrogen-bond acceptors (Lipinski definition) is 5. The first-order chi connectivity index (χ1) is 39.5. The molecule has 0 aromatic carbocycles. The van der Waals surface area contributed by atoms with Gasteiger partial charge in [-0.15, -0.1) is 0 Å². The van der Waals surface area contributed by atoms with E-state index in [1.807, 2.05) is 27.2 Å². The summed E-state index contributed by atoms with van der Waals surface area (Å²) in [6, 6.07) is -0.854. The van der Waals surface area contributed by atoms with E-state index >= 15 is 0 Å². The zero-order valence-electron chi connectivity index (χ0n) is 53.2. The molecule has 0 aliphatic heterocycles. The Morgan fingerprint density at radius 2 is 0.741 bits per heavy atom. The molecule has 0 rings (SSSR count). The van der Waals surface area contributed by atoms with E-state index in [1.54, 1.807) is 6.08 Å². The summed E-state index contributed by atoms with van der Waals surface area (Å²) in [7, 11) is 1.57. The first kappa shape index (κ1) is 77.9. The number of phosphoric ester groups is 1. The number of quaternary nitrogens is 1. The van der Waals surface area contributed by atoms with Crippen LogP contribution in [0.5, 0.6) is 0 Å². The summed E-state index contributed by atoms with van der Waals surface area (Å²) >= 11 is 0. The molecule has 81 heavy (non-hydrogen) atoms. The van der Waals surface area contributed by atoms with Gasteiger partial charge in [-0.1, -0.05) is 302 Å². The fourth-order valence-electron chi connectivity index (χ4n) is 9.27. The molecule has 9 heteroatoms. The van der Waals surface area contributed by atoms with Gasteiger partial charge >= 0.3 is 7.82 Å². The minimum atomic E-state index is -4.36. The Labute approximate surface area is 501 Å². The minimum Gasteiger partial charge on any atom is -0.387 e. The van der Waals surface area contributed by atoms with Gasteiger partial charge in [-0.2, -0.15) is 0 Å². The van der Waals surface area contributed by atoms with Crippen LogP contribution in [0.3, 0.4) is 0 Å². The Hall–Kier alpha value is -3.10. The van der Waals surface area contributed by atoms with Crippen LogP contribution < -0.4 is 5.32 Å². The molecule has 0 radical (unpaired) electrons. The van der Waals surface area contributed by atoms with Gasteiger partial charge in [0, 0.05) is 6.42 Å². The number of carbonyl (C=O) groups is 1. The van der Waals surface area contributed by atoms with Gasteiger partial charge in [0.25, 0.3) is 0 Å². The average molecular weight is 1150 g/mol. The van der Waals surface area contributed by atoms with Gasteiger partial charge in [0.2, 0.25) is 5.91 Å². The Kier molecular flexibility index (Phi) is 59.1. The van der Waals surface area contributed by atoms with E-state index in [0.29, 0.717) is 17.4 Å². The van der Waals surface area contributed by atoms with E-state index in [0.717, 1.165) is 96.3 Å². The molecular formula is C72H128N2O6P+. The average Bonchev–Trinajstić information content (AvgIpc) is 3.43. The second-order valence-corrected chi connectivity index (χ2v) is 24.9. The summed E-state index contributed by atoms with van der Waals surface area (Å²) in [6.45, 7) is 4.71. The van der Waals surface area contributed by atoms with Crippen molar-refractivity contribution in [3.8, 4) is 0 Å². The molecule has 3 atom stereocenters. The number of aliphatic hydroxyl groups excluding tert-OH is 1. The molecule has 0 aliphatic carbocycles. The molecule has 0 aromatic heterocycles. The monoisotopic (exact) mass is 1150 g/mol. The standard InChI is InChI=1S/C72H127N2O6P/c1-6-8-10-12-14-16-18-20-22-24-26-27-28-29-30-31-32-33-34-35-36-37-38-39-40-41-42-43-44-45-46-47-48-50-52-54-56-58-60-62-64-66-72(76)73-70(69-80-81(77,78)79-68-67-74(3,4)5)71(75)65-63-61-59-57-55-53-51-49-25-23-21-19-17-15-13-11-9-7-2/h8,10,14,16,20,22,26-27,29-30,32-33,35-36,38-39,41-42,63,65,70-71,75H,6-7,9,11-13,15,17-19,21,23-25,28,31,34,37,40,43-62,64,66-69H2,1-5H3,(H-,73,76,77,78)/p+1/b10-8-,16-14-,22-20-,27-26-,30-29-,33-32-,36-35-,39-38-,42-41-,65-63+. The van der Waals surface area contributed by atoms with Crippen molar-refractivity contribution in [1.29, 1.82) is 0 Å². The molecule has 0 bridgehead atoms. The number of likely N-dealkylation sites (N-methyl/N-ethyl adjacent to an activating group) is 1. The van der Waals surface area contributed by atoms with Crippen molar-refractivity contribution >= 4 is 13.7 Å². The number of carbonyl (C=O) groups excluding carboxylic acids is 1. The van der Waals surface area contributed by atoms with Gasteiger partial charge in [0.15, 0.2) is 0 Å². The van der Waals surface area contributed by atoms with Crippen LogP contribution in [-0.2, 0) is 18.4 Å². The van der Waals surface area contributed by atoms with E-state index in [4.69, 9.17) is 9.05 Å². The molecule has 466 valence electrons. The molecule has 0 fully saturated rings. The van der Waals surface area contributed by atoms with Crippen LogP contribution in [0.1, 0.15) is 277 Å². The number of unbranched alkanes of at least 4 members (excludes halogenated alkanes) is 29. The summed E-state index contributed by atoms with van der Waals surface area (Å²) in [4.78, 5) is 23.4. The SMILES string of the molecule is CC/C=C\C/C=C\C/C=C\C/C=C\C/C=C\C/C=C\C/C=C\C/C=C\C/C=C\CCCCCCCCCCCCCCCC(=O)NC(COP(=O)(O)OCC[N+](C)(C)C)C(O)/C=C/CCCCCCCCCCCCCCCCCC. The quantitative estimate of drug-likeness (QED) is 0.0243. The highest BCUT2D eigenvalue weighted by atomic mass is 31.2. The third-order valence-corrected chi connectivity index (χ3v) is 15.4. The van der Waals surface area contributed by atoms with E-state index in [2.05, 4.69) is 129 Å². The lowest BCUT2D eigenvalue weighted by molar-refractivity contribution is -0.870. The fourth-order valence-corrected chi connectivity index (χ4v) is 10.0. The molecule has 3 N–H and O–H groups in total. The Morgan fingerprint density at radius 1 is 0.432 bits per heavy atom. The van der Waals surface area contributed by atoms with Crippen molar-refractivity contribution < 1.29 is 32.9 Å². The third-order valence-electron chi connectivity index (χ3n) is 14.4. The topological polar surface area (TPSA) is 105 Å². The van der Waals surface area contributed by atoms with Crippen LogP contribution in [0.15, 0.2) is 122 Å². The Morgan fingerprint density at radius 3 is 1.09 bits per heavy atom. The number of amides is 1. The van der Waals surface area contributed by atoms with Gasteiger partial charge in [-0.05, 0) is 89.9 Å². The zero-order valence-corrected chi connectivity index (χ0v) is 54.1. The summed E-state index contributed by atoms with van der Waals surface area (Å²) in [5.41, 5.74) is 0. The molecule has 1 amide bonds. The van der Waals surface area contributed by atoms with Gasteiger partial charge in [0.1, 0.15) is 13.2 Å². The van der Waals surface area contributed by atoms with Crippen molar-refractivity contribution in [3.63, 3.8) is 0 Å². The Bertz CT molecular complexity index is 1730. The van der Waals surface area contributed by atoms with Gasteiger partial charge in [-0.25, -0.2) is 4.57 Å². The van der Waals surface area contributed by atoms with Crippen molar-refractivity contribution in [2.24, 2.45) is 0 Å². The number of aliphatic hydroxyl groups is 1. The molecule has 0 saturated heterocycles. The molecular weight excluding hydrogens is 1020 g/mol. The lowest BCUT2D eigenvalue weighted by atomic mass is 10.0. The second-order valence-electron chi connectivity index (χ2n) is 23.5. The summed E-state index contributed by atoms with van der Waals surface area (Å²) in [6.07, 6.45) is 91.8. The van der Waals surface area contributed by atoms with Crippen molar-refractivity contribution in [3.05, 3.63) is 122 Å².